The summed E-state index contributed by atoms with van der Waals surface area (Å²) in [5.41, 5.74) is -0.401. The van der Waals surface area contributed by atoms with Crippen molar-refractivity contribution < 1.29 is 8.78 Å². The van der Waals surface area contributed by atoms with Crippen LogP contribution in [0, 0.1) is 5.82 Å². The minimum atomic E-state index is -1.23. The first-order valence-electron chi connectivity index (χ1n) is 4.61. The quantitative estimate of drug-likeness (QED) is 0.786. The van der Waals surface area contributed by atoms with E-state index in [2.05, 4.69) is 5.32 Å². The Bertz CT molecular complexity index is 292. The molecule has 3 heteroatoms. The molecule has 1 aromatic carbocycles. The van der Waals surface area contributed by atoms with Gasteiger partial charge in [-0.15, -0.1) is 0 Å². The molecule has 0 saturated carbocycles. The molecule has 0 bridgehead atoms. The van der Waals surface area contributed by atoms with Gasteiger partial charge < -0.3 is 5.32 Å². The van der Waals surface area contributed by atoms with Gasteiger partial charge in [0.15, 0.2) is 0 Å². The monoisotopic (exact) mass is 199 g/mol. The largest absolute Gasteiger partial charge is 0.310 e. The van der Waals surface area contributed by atoms with E-state index in [1.54, 1.807) is 12.1 Å². The summed E-state index contributed by atoms with van der Waals surface area (Å²) < 4.78 is 25.8. The minimum absolute atomic E-state index is 0.260. The average molecular weight is 199 g/mol. The van der Waals surface area contributed by atoms with Gasteiger partial charge in [0.2, 0.25) is 0 Å². The highest BCUT2D eigenvalue weighted by Gasteiger charge is 2.13. The number of hydrogen-bond acceptors (Lipinski definition) is 1. The third kappa shape index (κ3) is 4.33. The van der Waals surface area contributed by atoms with Gasteiger partial charge in [-0.3, -0.25) is 0 Å². The summed E-state index contributed by atoms with van der Waals surface area (Å²) in [5.74, 6) is -0.260. The van der Waals surface area contributed by atoms with Crippen LogP contribution in [0.4, 0.5) is 8.78 Å². The fraction of sp³-hybridized carbons (Fsp3) is 0.455. The van der Waals surface area contributed by atoms with E-state index >= 15 is 0 Å². The van der Waals surface area contributed by atoms with Crippen molar-refractivity contribution in [2.24, 2.45) is 0 Å². The van der Waals surface area contributed by atoms with E-state index in [0.29, 0.717) is 6.54 Å². The summed E-state index contributed by atoms with van der Waals surface area (Å²) >= 11 is 0. The lowest BCUT2D eigenvalue weighted by Gasteiger charge is -2.14. The molecule has 0 spiro atoms. The van der Waals surface area contributed by atoms with Crippen LogP contribution in [-0.4, -0.2) is 12.2 Å². The van der Waals surface area contributed by atoms with Gasteiger partial charge >= 0.3 is 0 Å². The van der Waals surface area contributed by atoms with Gasteiger partial charge in [0.25, 0.3) is 0 Å². The molecule has 0 saturated heterocycles. The normalized spacial score (nSPS) is 11.7. The van der Waals surface area contributed by atoms with E-state index in [4.69, 9.17) is 0 Å². The van der Waals surface area contributed by atoms with Gasteiger partial charge in [0.1, 0.15) is 11.5 Å². The van der Waals surface area contributed by atoms with Crippen LogP contribution in [0.2, 0.25) is 0 Å². The molecule has 14 heavy (non-hydrogen) atoms. The second-order valence-electron chi connectivity index (χ2n) is 3.95. The number of rotatable bonds is 4. The zero-order chi connectivity index (χ0) is 10.6. The first kappa shape index (κ1) is 11.1. The van der Waals surface area contributed by atoms with E-state index in [0.717, 1.165) is 5.56 Å². The van der Waals surface area contributed by atoms with Gasteiger partial charge in [0.05, 0.1) is 0 Å². The van der Waals surface area contributed by atoms with Crippen molar-refractivity contribution in [3.05, 3.63) is 35.6 Å². The molecule has 1 N–H and O–H groups in total. The van der Waals surface area contributed by atoms with Crippen LogP contribution in [0.1, 0.15) is 19.4 Å². The fourth-order valence-electron chi connectivity index (χ4n) is 1.15. The lowest BCUT2D eigenvalue weighted by Crippen LogP contribution is -2.30. The Kier molecular flexibility index (Phi) is 3.58. The molecule has 78 valence electrons. The van der Waals surface area contributed by atoms with Gasteiger partial charge in [-0.05, 0) is 31.5 Å². The lowest BCUT2D eigenvalue weighted by atomic mass is 10.1. The molecule has 0 aliphatic rings. The highest BCUT2D eigenvalue weighted by molar-refractivity contribution is 5.15. The van der Waals surface area contributed by atoms with Gasteiger partial charge in [-0.1, -0.05) is 12.1 Å². The van der Waals surface area contributed by atoms with Crippen molar-refractivity contribution in [1.29, 1.82) is 0 Å². The Morgan fingerprint density at radius 2 is 2.07 bits per heavy atom. The Hall–Kier alpha value is -0.960. The predicted molar refractivity (Wildman–Crippen MR) is 53.3 cm³/mol. The number of hydrogen-bond donors (Lipinski definition) is 1. The molecular formula is C11H15F2N. The third-order valence-electron chi connectivity index (χ3n) is 1.76. The Morgan fingerprint density at radius 1 is 1.36 bits per heavy atom. The smallest absolute Gasteiger partial charge is 0.123 e. The molecule has 0 aromatic heterocycles. The third-order valence-corrected chi connectivity index (χ3v) is 1.76. The maximum atomic E-state index is 13.0. The van der Waals surface area contributed by atoms with Crippen LogP contribution in [0.15, 0.2) is 24.3 Å². The number of benzene rings is 1. The minimum Gasteiger partial charge on any atom is -0.310 e. The summed E-state index contributed by atoms with van der Waals surface area (Å²) in [7, 11) is 0. The Balaban J connectivity index is 2.39. The van der Waals surface area contributed by atoms with E-state index in [9.17, 15) is 8.78 Å². The molecule has 0 amide bonds. The first-order valence-corrected chi connectivity index (χ1v) is 4.61. The zero-order valence-corrected chi connectivity index (χ0v) is 8.48. The predicted octanol–water partition coefficient (Wildman–Crippen LogP) is 2.66. The molecule has 0 fully saturated rings. The summed E-state index contributed by atoms with van der Waals surface area (Å²) in [6.07, 6.45) is 0. The molecular weight excluding hydrogens is 184 g/mol. The van der Waals surface area contributed by atoms with Crippen LogP contribution < -0.4 is 5.32 Å². The molecule has 1 aromatic rings. The number of nitrogens with one attached hydrogen (secondary N) is 1. The summed E-state index contributed by atoms with van der Waals surface area (Å²) in [4.78, 5) is 0. The maximum Gasteiger partial charge on any atom is 0.123 e. The van der Waals surface area contributed by atoms with E-state index in [1.165, 1.54) is 26.0 Å². The van der Waals surface area contributed by atoms with Crippen molar-refractivity contribution in [3.8, 4) is 0 Å². The fourth-order valence-corrected chi connectivity index (χ4v) is 1.15. The molecule has 1 rings (SSSR count). The van der Waals surface area contributed by atoms with Crippen LogP contribution in [0.5, 0.6) is 0 Å². The van der Waals surface area contributed by atoms with Crippen LogP contribution >= 0.6 is 0 Å². The van der Waals surface area contributed by atoms with Gasteiger partial charge in [-0.2, -0.15) is 0 Å². The molecule has 0 aliphatic carbocycles. The van der Waals surface area contributed by atoms with Crippen LogP contribution in [0.3, 0.4) is 0 Å². The second kappa shape index (κ2) is 4.51. The highest BCUT2D eigenvalue weighted by Crippen LogP contribution is 2.07. The van der Waals surface area contributed by atoms with Gasteiger partial charge in [0, 0.05) is 13.1 Å². The summed E-state index contributed by atoms with van der Waals surface area (Å²) in [6, 6.07) is 6.29. The van der Waals surface area contributed by atoms with Crippen molar-refractivity contribution >= 4 is 0 Å². The highest BCUT2D eigenvalue weighted by atomic mass is 19.1. The van der Waals surface area contributed by atoms with Gasteiger partial charge in [-0.25, -0.2) is 8.78 Å². The van der Waals surface area contributed by atoms with E-state index < -0.39 is 5.67 Å². The standard InChI is InChI=1S/C11H15F2N/c1-11(2,13)8-14-7-9-4-3-5-10(12)6-9/h3-6,14H,7-8H2,1-2H3. The second-order valence-corrected chi connectivity index (χ2v) is 3.95. The van der Waals surface area contributed by atoms with Crippen molar-refractivity contribution in [2.45, 2.75) is 26.1 Å². The van der Waals surface area contributed by atoms with Crippen molar-refractivity contribution in [2.75, 3.05) is 6.54 Å². The van der Waals surface area contributed by atoms with E-state index in [1.807, 2.05) is 0 Å². The average Bonchev–Trinajstić information content (AvgIpc) is 2.01. The first-order chi connectivity index (χ1) is 6.47. The SMILES string of the molecule is CC(C)(F)CNCc1cccc(F)c1. The molecule has 0 radical (unpaired) electrons. The maximum absolute atomic E-state index is 13.0. The van der Waals surface area contributed by atoms with E-state index in [-0.39, 0.29) is 12.4 Å². The molecule has 0 heterocycles. The van der Waals surface area contributed by atoms with Crippen LogP contribution in [-0.2, 0) is 6.54 Å². The van der Waals surface area contributed by atoms with Crippen molar-refractivity contribution in [3.63, 3.8) is 0 Å². The number of halogens is 2. The Labute approximate surface area is 83.1 Å². The summed E-state index contributed by atoms with van der Waals surface area (Å²) in [5, 5.41) is 2.93. The molecule has 1 nitrogen and oxygen atoms in total. The molecule has 0 atom stereocenters. The summed E-state index contributed by atoms with van der Waals surface area (Å²) in [6.45, 7) is 3.77. The number of alkyl halides is 1. The topological polar surface area (TPSA) is 12.0 Å². The molecule has 0 unspecified atom stereocenters. The lowest BCUT2D eigenvalue weighted by molar-refractivity contribution is 0.210. The van der Waals surface area contributed by atoms with Crippen LogP contribution in [0.25, 0.3) is 0 Å². The molecule has 0 aliphatic heterocycles. The van der Waals surface area contributed by atoms with Crippen molar-refractivity contribution in [1.82, 2.24) is 5.32 Å². The zero-order valence-electron chi connectivity index (χ0n) is 8.48. The Morgan fingerprint density at radius 3 is 2.64 bits per heavy atom.